The monoisotopic (exact) mass is 270 g/mol. The second-order valence-corrected chi connectivity index (χ2v) is 3.82. The van der Waals surface area contributed by atoms with Crippen molar-refractivity contribution in [2.45, 2.75) is 13.5 Å². The molecule has 0 amide bonds. The number of hydrogen-bond acceptors (Lipinski definition) is 6. The average Bonchev–Trinajstić information content (AvgIpc) is 2.92. The Balaban J connectivity index is 2.22. The molecule has 0 fully saturated rings. The second-order valence-electron chi connectivity index (χ2n) is 3.44. The molecule has 2 aromatic rings. The van der Waals surface area contributed by atoms with Gasteiger partial charge in [0.2, 0.25) is 0 Å². The van der Waals surface area contributed by atoms with Gasteiger partial charge in [0.05, 0.1) is 12.8 Å². The Kier molecular flexibility index (Phi) is 3.56. The van der Waals surface area contributed by atoms with Crippen LogP contribution < -0.4 is 0 Å². The Labute approximate surface area is 108 Å². The Morgan fingerprint density at radius 3 is 2.94 bits per heavy atom. The summed E-state index contributed by atoms with van der Waals surface area (Å²) in [6.07, 6.45) is 1.52. The number of aromatic nitrogens is 6. The smallest absolute Gasteiger partial charge is 0.378 e. The molecule has 0 saturated heterocycles. The van der Waals surface area contributed by atoms with Crippen LogP contribution in [0.15, 0.2) is 6.20 Å². The van der Waals surface area contributed by atoms with E-state index in [2.05, 4.69) is 20.5 Å². The van der Waals surface area contributed by atoms with Crippen LogP contribution in [0.2, 0.25) is 5.15 Å². The maximum Gasteiger partial charge on any atom is 0.378 e. The van der Waals surface area contributed by atoms with Gasteiger partial charge >= 0.3 is 5.97 Å². The molecule has 8 nitrogen and oxygen atoms in total. The van der Waals surface area contributed by atoms with Gasteiger partial charge in [-0.3, -0.25) is 0 Å². The van der Waals surface area contributed by atoms with Crippen molar-refractivity contribution in [3.63, 3.8) is 0 Å². The number of esters is 1. The summed E-state index contributed by atoms with van der Waals surface area (Å²) < 4.78 is 7.84. The maximum absolute atomic E-state index is 11.6. The number of nitrogens with zero attached hydrogens (tertiary/aromatic N) is 6. The quantitative estimate of drug-likeness (QED) is 0.742. The van der Waals surface area contributed by atoms with E-state index in [0.717, 1.165) is 0 Å². The van der Waals surface area contributed by atoms with E-state index in [1.165, 1.54) is 10.9 Å². The molecule has 9 heteroatoms. The number of tetrazole rings is 1. The molecular weight excluding hydrogens is 260 g/mol. The highest BCUT2D eigenvalue weighted by Gasteiger charge is 2.18. The molecule has 0 bridgehead atoms. The Morgan fingerprint density at radius 1 is 1.56 bits per heavy atom. The molecule has 2 heterocycles. The third kappa shape index (κ3) is 2.33. The first-order chi connectivity index (χ1) is 8.63. The zero-order valence-electron chi connectivity index (χ0n) is 9.87. The molecule has 96 valence electrons. The standard InChI is InChI=1S/C9H11ClN6O2/c1-3-18-9(17)8-12-13-14-16(8)5-7-11-4-6(10)15(7)2/h4H,3,5H2,1-2H3. The number of hydrogen-bond donors (Lipinski definition) is 0. The Morgan fingerprint density at radius 2 is 2.33 bits per heavy atom. The van der Waals surface area contributed by atoms with Crippen LogP contribution >= 0.6 is 11.6 Å². The third-order valence-corrected chi connectivity index (χ3v) is 2.66. The van der Waals surface area contributed by atoms with Crippen LogP contribution in [0.1, 0.15) is 23.4 Å². The van der Waals surface area contributed by atoms with E-state index < -0.39 is 5.97 Å². The zero-order chi connectivity index (χ0) is 13.1. The van der Waals surface area contributed by atoms with Crippen molar-refractivity contribution < 1.29 is 9.53 Å². The highest BCUT2D eigenvalue weighted by Crippen LogP contribution is 2.10. The summed E-state index contributed by atoms with van der Waals surface area (Å²) in [6.45, 7) is 2.22. The summed E-state index contributed by atoms with van der Waals surface area (Å²) in [7, 11) is 1.76. The van der Waals surface area contributed by atoms with E-state index in [-0.39, 0.29) is 19.0 Å². The van der Waals surface area contributed by atoms with Gasteiger partial charge in [-0.15, -0.1) is 5.10 Å². The molecule has 0 N–H and O–H groups in total. The fourth-order valence-electron chi connectivity index (χ4n) is 1.36. The number of carbonyl (C=O) groups excluding carboxylic acids is 1. The molecule has 0 saturated carbocycles. The SMILES string of the molecule is CCOC(=O)c1nnnn1Cc1ncc(Cl)n1C. The van der Waals surface area contributed by atoms with Crippen LogP contribution in [0.3, 0.4) is 0 Å². The summed E-state index contributed by atoms with van der Waals surface area (Å²) in [5.41, 5.74) is 0. The zero-order valence-corrected chi connectivity index (χ0v) is 10.6. The van der Waals surface area contributed by atoms with Gasteiger partial charge < -0.3 is 9.30 Å². The van der Waals surface area contributed by atoms with Crippen molar-refractivity contribution in [2.75, 3.05) is 6.61 Å². The normalized spacial score (nSPS) is 10.6. The third-order valence-electron chi connectivity index (χ3n) is 2.31. The van der Waals surface area contributed by atoms with Crippen LogP contribution in [0.25, 0.3) is 0 Å². The lowest BCUT2D eigenvalue weighted by Crippen LogP contribution is -2.16. The van der Waals surface area contributed by atoms with Gasteiger partial charge in [0.25, 0.3) is 5.82 Å². The van der Waals surface area contributed by atoms with E-state index in [0.29, 0.717) is 11.0 Å². The molecule has 0 unspecified atom stereocenters. The molecule has 0 aliphatic rings. The first-order valence-corrected chi connectivity index (χ1v) is 5.60. The molecule has 0 aromatic carbocycles. The molecule has 0 spiro atoms. The summed E-state index contributed by atoms with van der Waals surface area (Å²) in [5, 5.41) is 11.3. The number of imidazole rings is 1. The summed E-state index contributed by atoms with van der Waals surface area (Å²) in [5.74, 6) is 0.108. The lowest BCUT2D eigenvalue weighted by molar-refractivity contribution is 0.0505. The summed E-state index contributed by atoms with van der Waals surface area (Å²) in [6, 6.07) is 0. The van der Waals surface area contributed by atoms with E-state index in [1.807, 2.05) is 0 Å². The molecular formula is C9H11ClN6O2. The van der Waals surface area contributed by atoms with Gasteiger partial charge in [0, 0.05) is 7.05 Å². The van der Waals surface area contributed by atoms with Gasteiger partial charge in [-0.05, 0) is 17.4 Å². The highest BCUT2D eigenvalue weighted by atomic mass is 35.5. The molecule has 0 radical (unpaired) electrons. The molecule has 18 heavy (non-hydrogen) atoms. The maximum atomic E-state index is 11.6. The van der Waals surface area contributed by atoms with E-state index in [9.17, 15) is 4.79 Å². The minimum Gasteiger partial charge on any atom is -0.460 e. The first kappa shape index (κ1) is 12.5. The van der Waals surface area contributed by atoms with Gasteiger partial charge in [-0.25, -0.2) is 14.5 Å². The fraction of sp³-hybridized carbons (Fsp3) is 0.444. The molecule has 2 aromatic heterocycles. The lowest BCUT2D eigenvalue weighted by atomic mass is 10.5. The van der Waals surface area contributed by atoms with Crippen molar-refractivity contribution >= 4 is 17.6 Å². The molecule has 0 aliphatic heterocycles. The van der Waals surface area contributed by atoms with Crippen molar-refractivity contribution in [3.8, 4) is 0 Å². The number of rotatable bonds is 4. The molecule has 2 rings (SSSR count). The van der Waals surface area contributed by atoms with Gasteiger partial charge in [-0.2, -0.15) is 0 Å². The number of ether oxygens (including phenoxy) is 1. The van der Waals surface area contributed by atoms with Gasteiger partial charge in [0.1, 0.15) is 17.5 Å². The van der Waals surface area contributed by atoms with Crippen molar-refractivity contribution in [1.82, 2.24) is 29.8 Å². The van der Waals surface area contributed by atoms with Crippen LogP contribution in [0.5, 0.6) is 0 Å². The summed E-state index contributed by atoms with van der Waals surface area (Å²) in [4.78, 5) is 15.7. The summed E-state index contributed by atoms with van der Waals surface area (Å²) >= 11 is 5.87. The van der Waals surface area contributed by atoms with Gasteiger partial charge in [0.15, 0.2) is 0 Å². The second kappa shape index (κ2) is 5.13. The highest BCUT2D eigenvalue weighted by molar-refractivity contribution is 6.29. The van der Waals surface area contributed by atoms with Crippen LogP contribution in [0.4, 0.5) is 0 Å². The van der Waals surface area contributed by atoms with E-state index in [4.69, 9.17) is 16.3 Å². The average molecular weight is 271 g/mol. The Hall–Kier alpha value is -1.96. The van der Waals surface area contributed by atoms with Crippen molar-refractivity contribution in [3.05, 3.63) is 23.0 Å². The first-order valence-electron chi connectivity index (χ1n) is 5.22. The fourth-order valence-corrected chi connectivity index (χ4v) is 1.50. The predicted molar refractivity (Wildman–Crippen MR) is 61.1 cm³/mol. The molecule has 0 atom stereocenters. The number of halogens is 1. The van der Waals surface area contributed by atoms with E-state index >= 15 is 0 Å². The largest absolute Gasteiger partial charge is 0.460 e. The number of carbonyl (C=O) groups is 1. The van der Waals surface area contributed by atoms with Crippen molar-refractivity contribution in [1.29, 1.82) is 0 Å². The predicted octanol–water partition coefficient (Wildman–Crippen LogP) is 0.285. The van der Waals surface area contributed by atoms with Gasteiger partial charge in [-0.1, -0.05) is 11.6 Å². The minimum atomic E-state index is -0.567. The Bertz CT molecular complexity index is 563. The minimum absolute atomic E-state index is 0.0379. The van der Waals surface area contributed by atoms with E-state index in [1.54, 1.807) is 18.5 Å². The molecule has 0 aliphatic carbocycles. The van der Waals surface area contributed by atoms with Crippen LogP contribution in [-0.4, -0.2) is 42.3 Å². The lowest BCUT2D eigenvalue weighted by Gasteiger charge is -2.04. The topological polar surface area (TPSA) is 87.7 Å². The van der Waals surface area contributed by atoms with Crippen LogP contribution in [-0.2, 0) is 18.3 Å². The van der Waals surface area contributed by atoms with Crippen molar-refractivity contribution in [2.24, 2.45) is 7.05 Å². The van der Waals surface area contributed by atoms with Crippen LogP contribution in [0, 0.1) is 0 Å².